The topological polar surface area (TPSA) is 57.2 Å². The number of hydrogen-bond donors (Lipinski definition) is 1. The molecule has 0 spiro atoms. The largest absolute Gasteiger partial charge is 0.414 e. The highest BCUT2D eigenvalue weighted by molar-refractivity contribution is 6.75. The first-order valence-corrected chi connectivity index (χ1v) is 26.2. The van der Waals surface area contributed by atoms with Crippen LogP contribution in [0.15, 0.2) is 0 Å². The fraction of sp³-hybridized carbons (Fsp3) is 1.00. The minimum Gasteiger partial charge on any atom is -0.414 e. The second-order valence-corrected chi connectivity index (χ2v) is 36.5. The van der Waals surface area contributed by atoms with Crippen molar-refractivity contribution in [2.45, 2.75) is 174 Å². The minimum absolute atomic E-state index is 0.00401. The van der Waals surface area contributed by atoms with Crippen LogP contribution in [0.25, 0.3) is 0 Å². The van der Waals surface area contributed by atoms with Gasteiger partial charge in [0.1, 0.15) is 0 Å². The first kappa shape index (κ1) is 38.7. The van der Waals surface area contributed by atoms with Gasteiger partial charge in [0.05, 0.1) is 31.5 Å². The van der Waals surface area contributed by atoms with E-state index in [1.807, 2.05) is 0 Å². The van der Waals surface area contributed by atoms with Gasteiger partial charge in [-0.1, -0.05) is 83.1 Å². The molecule has 0 heterocycles. The van der Waals surface area contributed by atoms with Crippen LogP contribution in [0, 0.1) is 0 Å². The SMILES string of the molecule is CC(C)(C)[Si](C)(C)OC[C@H](O[Si](C)(C)C(C)(C)C)[C@@H](O[Si](C)(C)C(C)(C)C)[C@@H](CO)O[Si](C)(C)C(C)(C)C. The summed E-state index contributed by atoms with van der Waals surface area (Å²) in [6, 6.07) is 0. The predicted octanol–water partition coefficient (Wildman–Crippen LogP) is 9.17. The molecular weight excluding hydrogens is 541 g/mol. The van der Waals surface area contributed by atoms with Gasteiger partial charge in [0.15, 0.2) is 33.3 Å². The number of aliphatic hydroxyl groups is 1. The molecule has 0 unspecified atom stereocenters. The van der Waals surface area contributed by atoms with Crippen molar-refractivity contribution in [2.75, 3.05) is 13.2 Å². The molecule has 0 amide bonds. The number of rotatable bonds is 12. The average Bonchev–Trinajstić information content (AvgIpc) is 2.64. The molecule has 0 aromatic rings. The van der Waals surface area contributed by atoms with Gasteiger partial charge in [-0.05, 0) is 72.5 Å². The zero-order chi connectivity index (χ0) is 31.0. The molecule has 230 valence electrons. The lowest BCUT2D eigenvalue weighted by molar-refractivity contribution is -0.0711. The van der Waals surface area contributed by atoms with Crippen LogP contribution in [-0.4, -0.2) is 69.9 Å². The average molecular weight is 609 g/mol. The molecule has 0 aromatic heterocycles. The lowest BCUT2D eigenvalue weighted by Gasteiger charge is -2.49. The summed E-state index contributed by atoms with van der Waals surface area (Å²) in [4.78, 5) is 0. The van der Waals surface area contributed by atoms with E-state index in [4.69, 9.17) is 17.7 Å². The molecule has 5 nitrogen and oxygen atoms in total. The van der Waals surface area contributed by atoms with Crippen molar-refractivity contribution >= 4 is 33.3 Å². The van der Waals surface area contributed by atoms with Crippen LogP contribution in [-0.2, 0) is 17.7 Å². The van der Waals surface area contributed by atoms with Gasteiger partial charge >= 0.3 is 0 Å². The van der Waals surface area contributed by atoms with Gasteiger partial charge in [0.2, 0.25) is 0 Å². The zero-order valence-electron chi connectivity index (χ0n) is 29.2. The van der Waals surface area contributed by atoms with Gasteiger partial charge in [0, 0.05) is 0 Å². The van der Waals surface area contributed by atoms with E-state index >= 15 is 0 Å². The lowest BCUT2D eigenvalue weighted by atomic mass is 10.1. The Kier molecular flexibility index (Phi) is 12.7. The maximum atomic E-state index is 10.8. The quantitative estimate of drug-likeness (QED) is 0.224. The highest BCUT2D eigenvalue weighted by Gasteiger charge is 2.50. The number of hydrogen-bond acceptors (Lipinski definition) is 5. The van der Waals surface area contributed by atoms with Crippen molar-refractivity contribution < 1.29 is 22.8 Å². The Balaban J connectivity index is 6.91. The molecule has 0 saturated heterocycles. The maximum Gasteiger partial charge on any atom is 0.192 e. The van der Waals surface area contributed by atoms with Crippen LogP contribution < -0.4 is 0 Å². The van der Waals surface area contributed by atoms with Gasteiger partial charge in [-0.25, -0.2) is 0 Å². The van der Waals surface area contributed by atoms with Crippen molar-refractivity contribution in [3.8, 4) is 0 Å². The summed E-state index contributed by atoms with van der Waals surface area (Å²) >= 11 is 0. The Morgan fingerprint density at radius 3 is 1.05 bits per heavy atom. The second-order valence-electron chi connectivity index (χ2n) is 17.4. The van der Waals surface area contributed by atoms with Crippen molar-refractivity contribution in [1.29, 1.82) is 0 Å². The van der Waals surface area contributed by atoms with Crippen LogP contribution in [0.4, 0.5) is 0 Å². The Morgan fingerprint density at radius 1 is 0.474 bits per heavy atom. The van der Waals surface area contributed by atoms with Crippen molar-refractivity contribution in [3.05, 3.63) is 0 Å². The summed E-state index contributed by atoms with van der Waals surface area (Å²) in [5.74, 6) is 0. The smallest absolute Gasteiger partial charge is 0.192 e. The van der Waals surface area contributed by atoms with Gasteiger partial charge in [0.25, 0.3) is 0 Å². The van der Waals surface area contributed by atoms with Gasteiger partial charge < -0.3 is 22.8 Å². The minimum atomic E-state index is -2.25. The predicted molar refractivity (Wildman–Crippen MR) is 176 cm³/mol. The summed E-state index contributed by atoms with van der Waals surface area (Å²) < 4.78 is 28.1. The molecule has 0 aliphatic carbocycles. The van der Waals surface area contributed by atoms with E-state index in [1.165, 1.54) is 0 Å². The van der Waals surface area contributed by atoms with E-state index in [9.17, 15) is 5.11 Å². The molecular formula is C29H68O5Si4. The Morgan fingerprint density at radius 2 is 0.763 bits per heavy atom. The van der Waals surface area contributed by atoms with Gasteiger partial charge in [-0.2, -0.15) is 0 Å². The molecule has 0 fully saturated rings. The van der Waals surface area contributed by atoms with Crippen molar-refractivity contribution in [1.82, 2.24) is 0 Å². The Bertz CT molecular complexity index is 738. The van der Waals surface area contributed by atoms with E-state index in [0.29, 0.717) is 6.61 Å². The van der Waals surface area contributed by atoms with Gasteiger partial charge in [-0.3, -0.25) is 0 Å². The zero-order valence-corrected chi connectivity index (χ0v) is 33.2. The van der Waals surface area contributed by atoms with Crippen LogP contribution >= 0.6 is 0 Å². The summed E-state index contributed by atoms with van der Waals surface area (Å²) in [6.07, 6.45) is -1.24. The van der Waals surface area contributed by atoms with Crippen molar-refractivity contribution in [2.24, 2.45) is 0 Å². The van der Waals surface area contributed by atoms with Crippen LogP contribution in [0.3, 0.4) is 0 Å². The first-order valence-electron chi connectivity index (χ1n) is 14.6. The summed E-state index contributed by atoms with van der Waals surface area (Å²) in [7, 11) is -8.71. The van der Waals surface area contributed by atoms with Crippen molar-refractivity contribution in [3.63, 3.8) is 0 Å². The Hall–Kier alpha value is 0.668. The van der Waals surface area contributed by atoms with Crippen LogP contribution in [0.2, 0.25) is 72.5 Å². The molecule has 0 radical (unpaired) electrons. The molecule has 0 saturated carbocycles. The van der Waals surface area contributed by atoms with Crippen LogP contribution in [0.5, 0.6) is 0 Å². The van der Waals surface area contributed by atoms with E-state index in [2.05, 4.69) is 135 Å². The molecule has 9 heteroatoms. The third-order valence-electron chi connectivity index (χ3n) is 10.1. The summed E-state index contributed by atoms with van der Waals surface area (Å²) in [6.45, 7) is 45.6. The van der Waals surface area contributed by atoms with E-state index < -0.39 is 45.5 Å². The first-order chi connectivity index (χ1) is 16.3. The van der Waals surface area contributed by atoms with E-state index in [0.717, 1.165) is 0 Å². The third kappa shape index (κ3) is 10.2. The normalized spacial score (nSPS) is 17.9. The third-order valence-corrected chi connectivity index (χ3v) is 28.1. The standard InChI is InChI=1S/C29H68O5Si4/c1-26(2,3)35(13,14)31-22-24(33-37(17,18)28(7,8)9)25(34-38(19,20)29(10,11)12)23(21-30)32-36(15,16)27(4,5)6/h23-25,30H,21-22H2,1-20H3/t23-,24+,25+/m1/s1. The highest BCUT2D eigenvalue weighted by Crippen LogP contribution is 2.44. The number of aliphatic hydroxyl groups excluding tert-OH is 1. The maximum absolute atomic E-state index is 10.8. The highest BCUT2D eigenvalue weighted by atomic mass is 28.4. The van der Waals surface area contributed by atoms with E-state index in [1.54, 1.807) is 0 Å². The summed E-state index contributed by atoms with van der Waals surface area (Å²) in [5.41, 5.74) is 0. The second kappa shape index (κ2) is 12.5. The lowest BCUT2D eigenvalue weighted by Crippen LogP contribution is -2.60. The molecule has 0 aromatic carbocycles. The van der Waals surface area contributed by atoms with E-state index in [-0.39, 0.29) is 32.9 Å². The molecule has 0 bridgehead atoms. The Labute approximate surface area is 242 Å². The molecule has 0 aliphatic heterocycles. The summed E-state index contributed by atoms with van der Waals surface area (Å²) in [5, 5.41) is 11.0. The molecule has 0 aliphatic rings. The molecule has 3 atom stereocenters. The molecule has 38 heavy (non-hydrogen) atoms. The van der Waals surface area contributed by atoms with Gasteiger partial charge in [-0.15, -0.1) is 0 Å². The fourth-order valence-corrected chi connectivity index (χ4v) is 7.91. The molecule has 1 N–H and O–H groups in total. The monoisotopic (exact) mass is 608 g/mol. The fourth-order valence-electron chi connectivity index (χ4n) is 2.93. The molecule has 0 rings (SSSR count). The van der Waals surface area contributed by atoms with Crippen LogP contribution in [0.1, 0.15) is 83.1 Å².